The summed E-state index contributed by atoms with van der Waals surface area (Å²) in [6, 6.07) is 15.0. The van der Waals surface area contributed by atoms with Crippen molar-refractivity contribution < 1.29 is 30.4 Å². The van der Waals surface area contributed by atoms with Crippen LogP contribution in [0.5, 0.6) is 5.75 Å². The van der Waals surface area contributed by atoms with Crippen LogP contribution in [-0.4, -0.2) is 88.5 Å². The van der Waals surface area contributed by atoms with Gasteiger partial charge in [0.2, 0.25) is 5.95 Å². The molecular formula is C37H43Cl2F2N7O5S3. The van der Waals surface area contributed by atoms with Crippen molar-refractivity contribution in [3.63, 3.8) is 0 Å². The molecule has 6 rings (SSSR count). The quantitative estimate of drug-likeness (QED) is 0.121. The van der Waals surface area contributed by atoms with E-state index in [1.54, 1.807) is 37.6 Å². The molecule has 0 aliphatic carbocycles. The summed E-state index contributed by atoms with van der Waals surface area (Å²) >= 11 is 1.45. The highest BCUT2D eigenvalue weighted by Gasteiger charge is 2.26. The van der Waals surface area contributed by atoms with Crippen LogP contribution in [-0.2, 0) is 19.9 Å². The Kier molecular flexibility index (Phi) is 14.7. The van der Waals surface area contributed by atoms with Crippen LogP contribution in [0.2, 0.25) is 0 Å². The summed E-state index contributed by atoms with van der Waals surface area (Å²) in [7, 11) is -6.01. The number of anilines is 4. The number of piperazine rings is 1. The molecule has 1 aliphatic heterocycles. The zero-order valence-electron chi connectivity index (χ0n) is 31.2. The van der Waals surface area contributed by atoms with Crippen molar-refractivity contribution in [3.05, 3.63) is 89.1 Å². The van der Waals surface area contributed by atoms with E-state index in [1.807, 2.05) is 32.9 Å². The van der Waals surface area contributed by atoms with Crippen molar-refractivity contribution in [1.29, 1.82) is 0 Å². The number of halogens is 4. The van der Waals surface area contributed by atoms with Crippen LogP contribution < -0.4 is 19.7 Å². The molecule has 3 heterocycles. The fraction of sp³-hybridized carbons (Fsp3) is 0.324. The number of hydrogen-bond acceptors (Lipinski definition) is 12. The zero-order valence-corrected chi connectivity index (χ0v) is 35.3. The maximum absolute atomic E-state index is 14.4. The highest BCUT2D eigenvalue weighted by Crippen LogP contribution is 2.40. The van der Waals surface area contributed by atoms with E-state index in [0.29, 0.717) is 40.9 Å². The van der Waals surface area contributed by atoms with Crippen LogP contribution in [0.15, 0.2) is 71.8 Å². The number of nitrogens with zero attached hydrogens (tertiary/aromatic N) is 5. The SMILES string of the molecule is COc1cc(N2CCN(CCS(C)(=O)=O)CC2)c(C)cc1Nc1nccc(-c2sc(C(C)C)nc2-c2cccc(NS(=O)(=O)c3c(F)cccc3F)c2)n1.Cl.Cl. The minimum absolute atomic E-state index is 0. The van der Waals surface area contributed by atoms with Gasteiger partial charge >= 0.3 is 0 Å². The monoisotopic (exact) mass is 869 g/mol. The lowest BCUT2D eigenvalue weighted by atomic mass is 10.1. The molecule has 12 nitrogen and oxygen atoms in total. The van der Waals surface area contributed by atoms with Crippen molar-refractivity contribution >= 4 is 79.0 Å². The highest BCUT2D eigenvalue weighted by molar-refractivity contribution is 7.92. The summed E-state index contributed by atoms with van der Waals surface area (Å²) in [6.07, 6.45) is 2.89. The number of benzene rings is 3. The molecule has 5 aromatic rings. The first-order chi connectivity index (χ1) is 25.6. The van der Waals surface area contributed by atoms with Gasteiger partial charge < -0.3 is 15.0 Å². The first kappa shape index (κ1) is 44.6. The lowest BCUT2D eigenvalue weighted by molar-refractivity contribution is 0.272. The molecule has 19 heteroatoms. The molecule has 0 radical (unpaired) electrons. The molecule has 2 aromatic heterocycles. The third kappa shape index (κ3) is 10.4. The normalized spacial score (nSPS) is 13.5. The van der Waals surface area contributed by atoms with E-state index in [-0.39, 0.29) is 42.2 Å². The Labute approximate surface area is 342 Å². The molecule has 1 aliphatic rings. The van der Waals surface area contributed by atoms with Gasteiger partial charge in [-0.3, -0.25) is 9.62 Å². The van der Waals surface area contributed by atoms with E-state index < -0.39 is 36.4 Å². The molecule has 0 amide bonds. The third-order valence-corrected chi connectivity index (χ3v) is 12.6. The topological polar surface area (TPSA) is 147 Å². The van der Waals surface area contributed by atoms with E-state index >= 15 is 0 Å². The van der Waals surface area contributed by atoms with Gasteiger partial charge in [0.25, 0.3) is 10.0 Å². The van der Waals surface area contributed by atoms with E-state index in [1.165, 1.54) is 23.7 Å². The van der Waals surface area contributed by atoms with Crippen molar-refractivity contribution in [2.45, 2.75) is 31.6 Å². The first-order valence-electron chi connectivity index (χ1n) is 17.1. The Morgan fingerprint density at radius 1 is 0.929 bits per heavy atom. The molecule has 0 bridgehead atoms. The third-order valence-electron chi connectivity index (χ3n) is 8.86. The predicted molar refractivity (Wildman–Crippen MR) is 224 cm³/mol. The highest BCUT2D eigenvalue weighted by atomic mass is 35.5. The number of ether oxygens (including phenoxy) is 1. The van der Waals surface area contributed by atoms with Gasteiger partial charge in [0, 0.05) is 74.1 Å². The van der Waals surface area contributed by atoms with Gasteiger partial charge in [-0.05, 0) is 48.9 Å². The van der Waals surface area contributed by atoms with Gasteiger partial charge in [0.05, 0.1) is 39.8 Å². The molecule has 1 fully saturated rings. The van der Waals surface area contributed by atoms with Crippen molar-refractivity contribution in [1.82, 2.24) is 19.9 Å². The summed E-state index contributed by atoms with van der Waals surface area (Å²) in [4.78, 5) is 18.3. The number of rotatable bonds is 13. The number of aromatic nitrogens is 3. The number of thiazole rings is 1. The van der Waals surface area contributed by atoms with Gasteiger partial charge in [0.1, 0.15) is 27.2 Å². The molecule has 0 atom stereocenters. The van der Waals surface area contributed by atoms with E-state index in [2.05, 4.69) is 24.8 Å². The van der Waals surface area contributed by atoms with Gasteiger partial charge in [-0.1, -0.05) is 32.0 Å². The van der Waals surface area contributed by atoms with E-state index in [9.17, 15) is 25.6 Å². The Bertz CT molecular complexity index is 2380. The Morgan fingerprint density at radius 3 is 2.25 bits per heavy atom. The fourth-order valence-corrected chi connectivity index (χ4v) is 8.92. The maximum atomic E-state index is 14.4. The molecule has 0 unspecified atom stereocenters. The molecule has 56 heavy (non-hydrogen) atoms. The molecule has 3 aromatic carbocycles. The van der Waals surface area contributed by atoms with Crippen molar-refractivity contribution in [2.24, 2.45) is 0 Å². The Morgan fingerprint density at radius 2 is 1.61 bits per heavy atom. The second-order valence-corrected chi connectivity index (χ2v) is 18.2. The lowest BCUT2D eigenvalue weighted by Crippen LogP contribution is -2.47. The maximum Gasteiger partial charge on any atom is 0.267 e. The number of nitrogens with one attached hydrogen (secondary N) is 2. The minimum atomic E-state index is -4.59. The number of sulfonamides is 1. The summed E-state index contributed by atoms with van der Waals surface area (Å²) in [5, 5.41) is 4.14. The average molecular weight is 871 g/mol. The smallest absolute Gasteiger partial charge is 0.267 e. The zero-order chi connectivity index (χ0) is 38.8. The Hall–Kier alpha value is -4.13. The minimum Gasteiger partial charge on any atom is -0.494 e. The predicted octanol–water partition coefficient (Wildman–Crippen LogP) is 7.54. The van der Waals surface area contributed by atoms with Gasteiger partial charge in [0.15, 0.2) is 4.90 Å². The second-order valence-electron chi connectivity index (χ2n) is 13.3. The fourth-order valence-electron chi connectivity index (χ4n) is 6.09. The molecule has 2 N–H and O–H groups in total. The molecule has 0 saturated carbocycles. The van der Waals surface area contributed by atoms with Crippen LogP contribution in [0.4, 0.5) is 31.8 Å². The van der Waals surface area contributed by atoms with Crippen molar-refractivity contribution in [3.8, 4) is 27.6 Å². The molecule has 1 saturated heterocycles. The summed E-state index contributed by atoms with van der Waals surface area (Å²) in [5.41, 5.74) is 4.51. The van der Waals surface area contributed by atoms with E-state index in [0.717, 1.165) is 65.5 Å². The number of hydrogen-bond donors (Lipinski definition) is 2. The molecular weight excluding hydrogens is 828 g/mol. The van der Waals surface area contributed by atoms with Crippen LogP contribution >= 0.6 is 36.2 Å². The molecule has 0 spiro atoms. The summed E-state index contributed by atoms with van der Waals surface area (Å²) < 4.78 is 86.2. The van der Waals surface area contributed by atoms with Crippen LogP contribution in [0.25, 0.3) is 21.8 Å². The standard InChI is InChI=1S/C37H41F2N7O5S3.2ClH/c1-23(2)36-43-33(25-8-6-9-26(21-25)44-54(49,50)35-27(38)10-7-11-28(35)39)34(52-36)29-12-13-40-37(41-29)42-30-20-24(3)31(22-32(30)51-4)46-16-14-45(15-17-46)18-19-53(5,47)48;;/h6-13,20-23,44H,14-19H2,1-5H3,(H,40,41,42);2*1H. The number of aryl methyl sites for hydroxylation is 1. The van der Waals surface area contributed by atoms with E-state index in [4.69, 9.17) is 14.7 Å². The number of methoxy groups -OCH3 is 1. The Balaban J connectivity index is 0.00000348. The van der Waals surface area contributed by atoms with Crippen LogP contribution in [0.3, 0.4) is 0 Å². The summed E-state index contributed by atoms with van der Waals surface area (Å²) in [5.74, 6) is -1.26. The van der Waals surface area contributed by atoms with Gasteiger partial charge in [-0.15, -0.1) is 36.2 Å². The molecule has 302 valence electrons. The largest absolute Gasteiger partial charge is 0.494 e. The van der Waals surface area contributed by atoms with Crippen LogP contribution in [0.1, 0.15) is 30.3 Å². The first-order valence-corrected chi connectivity index (χ1v) is 21.5. The van der Waals surface area contributed by atoms with Gasteiger partial charge in [-0.2, -0.15) is 0 Å². The second kappa shape index (κ2) is 18.4. The number of sulfone groups is 1. The average Bonchev–Trinajstić information content (AvgIpc) is 3.57. The summed E-state index contributed by atoms with van der Waals surface area (Å²) in [6.45, 7) is 9.58. The van der Waals surface area contributed by atoms with Crippen molar-refractivity contribution in [2.75, 3.05) is 66.8 Å². The van der Waals surface area contributed by atoms with Gasteiger partial charge in [-0.25, -0.2) is 40.6 Å². The lowest BCUT2D eigenvalue weighted by Gasteiger charge is -2.37. The van der Waals surface area contributed by atoms with Crippen LogP contribution in [0, 0.1) is 18.6 Å².